The van der Waals surface area contributed by atoms with Crippen molar-refractivity contribution in [2.24, 2.45) is 22.6 Å². The molecule has 0 fully saturated rings. The van der Waals surface area contributed by atoms with Gasteiger partial charge in [-0.2, -0.15) is 0 Å². The molecule has 0 saturated carbocycles. The largest absolute Gasteiger partial charge is 0.387 e. The standard InChI is InChI=1S/C12H22N2/c1-6-11(9(2)3)7-8-14-12(13)10(4)5/h6-10H,1-5H3,(H2,13,14)/b8-7-,11-6+. The first-order valence-corrected chi connectivity index (χ1v) is 5.15. The van der Waals surface area contributed by atoms with Crippen molar-refractivity contribution in [1.82, 2.24) is 0 Å². The Bertz CT molecular complexity index is 245. The van der Waals surface area contributed by atoms with Crippen LogP contribution in [0.15, 0.2) is 28.9 Å². The van der Waals surface area contributed by atoms with E-state index in [1.807, 2.05) is 26.8 Å². The van der Waals surface area contributed by atoms with E-state index in [2.05, 4.69) is 24.9 Å². The fourth-order valence-corrected chi connectivity index (χ4v) is 0.980. The van der Waals surface area contributed by atoms with Crippen LogP contribution in [0, 0.1) is 11.8 Å². The lowest BCUT2D eigenvalue weighted by atomic mass is 10.0. The number of nitrogens with two attached hydrogens (primary N) is 1. The Morgan fingerprint density at radius 3 is 2.07 bits per heavy atom. The Kier molecular flexibility index (Phi) is 5.93. The second-order valence-corrected chi connectivity index (χ2v) is 3.97. The van der Waals surface area contributed by atoms with Crippen LogP contribution in [0.2, 0.25) is 0 Å². The van der Waals surface area contributed by atoms with E-state index < -0.39 is 0 Å². The summed E-state index contributed by atoms with van der Waals surface area (Å²) in [6.07, 6.45) is 5.90. The number of allylic oxidation sites excluding steroid dienone is 3. The second-order valence-electron chi connectivity index (χ2n) is 3.97. The van der Waals surface area contributed by atoms with Gasteiger partial charge in [-0.3, -0.25) is 0 Å². The Morgan fingerprint density at radius 2 is 1.71 bits per heavy atom. The van der Waals surface area contributed by atoms with Gasteiger partial charge in [-0.25, -0.2) is 4.99 Å². The Labute approximate surface area is 87.6 Å². The highest BCUT2D eigenvalue weighted by Gasteiger charge is 1.97. The monoisotopic (exact) mass is 194 g/mol. The Morgan fingerprint density at radius 1 is 1.14 bits per heavy atom. The van der Waals surface area contributed by atoms with Gasteiger partial charge in [-0.15, -0.1) is 0 Å². The summed E-state index contributed by atoms with van der Waals surface area (Å²) in [6, 6.07) is 0. The van der Waals surface area contributed by atoms with Crippen LogP contribution >= 0.6 is 0 Å². The molecule has 14 heavy (non-hydrogen) atoms. The fourth-order valence-electron chi connectivity index (χ4n) is 0.980. The molecule has 0 unspecified atom stereocenters. The SMILES string of the molecule is C/C=C(\C=C/N=C(N)C(C)C)C(C)C. The summed E-state index contributed by atoms with van der Waals surface area (Å²) in [5, 5.41) is 0. The average molecular weight is 194 g/mol. The third kappa shape index (κ3) is 4.85. The van der Waals surface area contributed by atoms with E-state index in [0.717, 1.165) is 0 Å². The molecule has 0 atom stereocenters. The smallest absolute Gasteiger partial charge is 0.101 e. The summed E-state index contributed by atoms with van der Waals surface area (Å²) in [4.78, 5) is 4.17. The molecular formula is C12H22N2. The molecular weight excluding hydrogens is 172 g/mol. The van der Waals surface area contributed by atoms with E-state index in [4.69, 9.17) is 5.73 Å². The zero-order valence-electron chi connectivity index (χ0n) is 9.91. The van der Waals surface area contributed by atoms with Crippen LogP contribution in [0.4, 0.5) is 0 Å². The van der Waals surface area contributed by atoms with Crippen LogP contribution in [0.5, 0.6) is 0 Å². The lowest BCUT2D eigenvalue weighted by Crippen LogP contribution is -2.17. The van der Waals surface area contributed by atoms with Gasteiger partial charge in [0.25, 0.3) is 0 Å². The van der Waals surface area contributed by atoms with Gasteiger partial charge in [0.2, 0.25) is 0 Å². The molecule has 0 aliphatic carbocycles. The normalized spacial score (nSPS) is 14.8. The summed E-state index contributed by atoms with van der Waals surface area (Å²) in [5.74, 6) is 1.53. The van der Waals surface area contributed by atoms with E-state index >= 15 is 0 Å². The first-order valence-electron chi connectivity index (χ1n) is 5.15. The van der Waals surface area contributed by atoms with Crippen LogP contribution in [0.25, 0.3) is 0 Å². The molecule has 80 valence electrons. The fraction of sp³-hybridized carbons (Fsp3) is 0.583. The minimum Gasteiger partial charge on any atom is -0.387 e. The molecule has 0 aromatic carbocycles. The molecule has 0 rings (SSSR count). The summed E-state index contributed by atoms with van der Waals surface area (Å²) in [7, 11) is 0. The molecule has 0 saturated heterocycles. The topological polar surface area (TPSA) is 38.4 Å². The van der Waals surface area contributed by atoms with Gasteiger partial charge in [0.15, 0.2) is 0 Å². The van der Waals surface area contributed by atoms with E-state index in [1.54, 1.807) is 6.20 Å². The van der Waals surface area contributed by atoms with Crippen molar-refractivity contribution in [3.63, 3.8) is 0 Å². The molecule has 2 heteroatoms. The number of aliphatic imine (C=N–C) groups is 1. The van der Waals surface area contributed by atoms with Crippen LogP contribution < -0.4 is 5.73 Å². The summed E-state index contributed by atoms with van der Waals surface area (Å²) < 4.78 is 0. The molecule has 0 aromatic rings. The molecule has 0 aromatic heterocycles. The Hall–Kier alpha value is -1.05. The van der Waals surface area contributed by atoms with Gasteiger partial charge in [0, 0.05) is 12.1 Å². The minimum absolute atomic E-state index is 0.313. The third-order valence-electron chi connectivity index (χ3n) is 2.08. The molecule has 2 N–H and O–H groups in total. The van der Waals surface area contributed by atoms with Crippen molar-refractivity contribution >= 4 is 5.84 Å². The predicted molar refractivity (Wildman–Crippen MR) is 64.2 cm³/mol. The highest BCUT2D eigenvalue weighted by molar-refractivity contribution is 5.82. The zero-order valence-corrected chi connectivity index (χ0v) is 9.91. The first kappa shape index (κ1) is 12.9. The van der Waals surface area contributed by atoms with Gasteiger partial charge in [0.1, 0.15) is 5.84 Å². The maximum Gasteiger partial charge on any atom is 0.101 e. The van der Waals surface area contributed by atoms with E-state index in [0.29, 0.717) is 17.7 Å². The number of nitrogens with zero attached hydrogens (tertiary/aromatic N) is 1. The summed E-state index contributed by atoms with van der Waals surface area (Å²) >= 11 is 0. The number of hydrogen-bond acceptors (Lipinski definition) is 1. The highest BCUT2D eigenvalue weighted by Crippen LogP contribution is 2.10. The van der Waals surface area contributed by atoms with Gasteiger partial charge >= 0.3 is 0 Å². The third-order valence-corrected chi connectivity index (χ3v) is 2.08. The van der Waals surface area contributed by atoms with Gasteiger partial charge in [-0.05, 0) is 24.5 Å². The lowest BCUT2D eigenvalue weighted by molar-refractivity contribution is 0.789. The molecule has 0 spiro atoms. The van der Waals surface area contributed by atoms with Gasteiger partial charge < -0.3 is 5.73 Å². The van der Waals surface area contributed by atoms with Crippen LogP contribution in [0.1, 0.15) is 34.6 Å². The van der Waals surface area contributed by atoms with Crippen molar-refractivity contribution in [2.75, 3.05) is 0 Å². The van der Waals surface area contributed by atoms with E-state index in [9.17, 15) is 0 Å². The molecule has 0 radical (unpaired) electrons. The maximum atomic E-state index is 5.70. The Balaban J connectivity index is 4.38. The van der Waals surface area contributed by atoms with Crippen LogP contribution in [0.3, 0.4) is 0 Å². The van der Waals surface area contributed by atoms with Crippen molar-refractivity contribution in [1.29, 1.82) is 0 Å². The van der Waals surface area contributed by atoms with Gasteiger partial charge in [0.05, 0.1) is 0 Å². The zero-order chi connectivity index (χ0) is 11.1. The van der Waals surface area contributed by atoms with Crippen LogP contribution in [-0.4, -0.2) is 5.84 Å². The minimum atomic E-state index is 0.313. The number of rotatable bonds is 4. The van der Waals surface area contributed by atoms with E-state index in [1.165, 1.54) is 5.57 Å². The molecule has 0 bridgehead atoms. The quantitative estimate of drug-likeness (QED) is 0.417. The summed E-state index contributed by atoms with van der Waals surface area (Å²) in [6.45, 7) is 10.4. The molecule has 0 heterocycles. The predicted octanol–water partition coefficient (Wildman–Crippen LogP) is 3.12. The van der Waals surface area contributed by atoms with Crippen molar-refractivity contribution in [3.05, 3.63) is 23.9 Å². The van der Waals surface area contributed by atoms with Crippen molar-refractivity contribution < 1.29 is 0 Å². The molecule has 0 aliphatic rings. The molecule has 0 amide bonds. The lowest BCUT2D eigenvalue weighted by Gasteiger charge is -2.04. The molecule has 0 aliphatic heterocycles. The number of hydrogen-bond donors (Lipinski definition) is 1. The van der Waals surface area contributed by atoms with E-state index in [-0.39, 0.29) is 0 Å². The number of amidine groups is 1. The summed E-state index contributed by atoms with van der Waals surface area (Å²) in [5.41, 5.74) is 6.98. The maximum absolute atomic E-state index is 5.70. The first-order chi connectivity index (χ1) is 6.49. The highest BCUT2D eigenvalue weighted by atomic mass is 14.8. The van der Waals surface area contributed by atoms with Crippen LogP contribution in [-0.2, 0) is 0 Å². The van der Waals surface area contributed by atoms with Gasteiger partial charge in [-0.1, -0.05) is 33.8 Å². The van der Waals surface area contributed by atoms with Crippen molar-refractivity contribution in [2.45, 2.75) is 34.6 Å². The second kappa shape index (κ2) is 6.41. The average Bonchev–Trinajstić information content (AvgIpc) is 2.11. The van der Waals surface area contributed by atoms with Crippen molar-refractivity contribution in [3.8, 4) is 0 Å². The molecule has 2 nitrogen and oxygen atoms in total.